The van der Waals surface area contributed by atoms with Crippen molar-refractivity contribution in [3.8, 4) is 0 Å². The second kappa shape index (κ2) is 8.51. The van der Waals surface area contributed by atoms with Gasteiger partial charge in [-0.15, -0.1) is 0 Å². The molecule has 1 aliphatic carbocycles. The zero-order valence-electron chi connectivity index (χ0n) is 17.3. The summed E-state index contributed by atoms with van der Waals surface area (Å²) in [4.78, 5) is 27.1. The molecule has 2 aromatic rings. The molecule has 4 rings (SSSR count). The number of aromatic nitrogens is 1. The summed E-state index contributed by atoms with van der Waals surface area (Å²) in [5.41, 5.74) is 0.370. The van der Waals surface area contributed by atoms with E-state index >= 15 is 0 Å². The van der Waals surface area contributed by atoms with E-state index in [1.165, 1.54) is 16.4 Å². The highest BCUT2D eigenvalue weighted by atomic mass is 32.2. The van der Waals surface area contributed by atoms with Crippen molar-refractivity contribution in [3.05, 3.63) is 40.7 Å². The normalized spacial score (nSPS) is 25.8. The number of hydrogen-bond acceptors (Lipinski definition) is 4. The molecule has 1 saturated heterocycles. The highest BCUT2D eigenvalue weighted by Gasteiger charge is 2.34. The number of pyridine rings is 1. The first-order valence-electron chi connectivity index (χ1n) is 10.8. The van der Waals surface area contributed by atoms with Crippen LogP contribution in [-0.2, 0) is 14.8 Å². The number of H-pyrrole nitrogens is 1. The minimum absolute atomic E-state index is 0.0226. The molecular formula is C22H29N3O4S. The van der Waals surface area contributed by atoms with E-state index in [0.717, 1.165) is 25.7 Å². The Balaban J connectivity index is 1.47. The van der Waals surface area contributed by atoms with Crippen LogP contribution in [0, 0.1) is 11.8 Å². The lowest BCUT2D eigenvalue weighted by Gasteiger charge is -2.33. The average molecular weight is 432 g/mol. The van der Waals surface area contributed by atoms with Crippen LogP contribution in [0.3, 0.4) is 0 Å². The van der Waals surface area contributed by atoms with Gasteiger partial charge in [-0.25, -0.2) is 8.42 Å². The number of rotatable bonds is 4. The van der Waals surface area contributed by atoms with E-state index in [1.807, 2.05) is 0 Å². The molecular weight excluding hydrogens is 402 g/mol. The van der Waals surface area contributed by atoms with Crippen LogP contribution in [0.5, 0.6) is 0 Å². The number of hydrogen-bond donors (Lipinski definition) is 2. The summed E-state index contributed by atoms with van der Waals surface area (Å²) in [7, 11) is -3.71. The number of benzene rings is 1. The Morgan fingerprint density at radius 3 is 2.63 bits per heavy atom. The van der Waals surface area contributed by atoms with Gasteiger partial charge in [0.2, 0.25) is 21.5 Å². The first-order chi connectivity index (χ1) is 14.3. The van der Waals surface area contributed by atoms with Crippen molar-refractivity contribution in [3.63, 3.8) is 0 Å². The lowest BCUT2D eigenvalue weighted by molar-refractivity contribution is -0.127. The number of fused-ring (bicyclic) bond motifs is 1. The highest BCUT2D eigenvalue weighted by molar-refractivity contribution is 7.89. The summed E-state index contributed by atoms with van der Waals surface area (Å²) < 4.78 is 27.9. The summed E-state index contributed by atoms with van der Waals surface area (Å²) in [6, 6.07) is 7.91. The first-order valence-corrected chi connectivity index (χ1v) is 12.2. The van der Waals surface area contributed by atoms with Crippen LogP contribution in [0.4, 0.5) is 0 Å². The zero-order chi connectivity index (χ0) is 21.3. The molecule has 162 valence electrons. The van der Waals surface area contributed by atoms with Crippen molar-refractivity contribution in [2.75, 3.05) is 13.1 Å². The zero-order valence-corrected chi connectivity index (χ0v) is 18.1. The molecule has 2 fully saturated rings. The quantitative estimate of drug-likeness (QED) is 0.777. The van der Waals surface area contributed by atoms with Crippen molar-refractivity contribution in [1.29, 1.82) is 0 Å². The fraction of sp³-hybridized carbons (Fsp3) is 0.545. The Morgan fingerprint density at radius 2 is 1.87 bits per heavy atom. The maximum Gasteiger partial charge on any atom is 0.248 e. The molecule has 0 bridgehead atoms. The number of carbonyl (C=O) groups is 1. The predicted molar refractivity (Wildman–Crippen MR) is 116 cm³/mol. The minimum Gasteiger partial charge on any atom is -0.353 e. The van der Waals surface area contributed by atoms with Gasteiger partial charge in [0.05, 0.1) is 10.8 Å². The number of nitrogens with one attached hydrogen (secondary N) is 2. The van der Waals surface area contributed by atoms with E-state index in [-0.39, 0.29) is 34.9 Å². The third-order valence-corrected chi connectivity index (χ3v) is 8.31. The van der Waals surface area contributed by atoms with Gasteiger partial charge in [-0.1, -0.05) is 6.92 Å². The van der Waals surface area contributed by atoms with Gasteiger partial charge in [0.1, 0.15) is 0 Å². The van der Waals surface area contributed by atoms with Crippen molar-refractivity contribution >= 4 is 26.8 Å². The molecule has 7 nitrogen and oxygen atoms in total. The molecule has 2 heterocycles. The largest absolute Gasteiger partial charge is 0.353 e. The van der Waals surface area contributed by atoms with Gasteiger partial charge in [0, 0.05) is 30.7 Å². The Kier molecular flexibility index (Phi) is 5.97. The van der Waals surface area contributed by atoms with Crippen LogP contribution in [0.2, 0.25) is 0 Å². The Bertz CT molecular complexity index is 1090. The van der Waals surface area contributed by atoms with Gasteiger partial charge in [0.15, 0.2) is 0 Å². The van der Waals surface area contributed by atoms with Gasteiger partial charge in [-0.05, 0) is 74.1 Å². The van der Waals surface area contributed by atoms with Crippen LogP contribution in [0.15, 0.2) is 40.0 Å². The fourth-order valence-electron chi connectivity index (χ4n) is 4.54. The number of amides is 1. The molecule has 1 amide bonds. The van der Waals surface area contributed by atoms with Crippen LogP contribution < -0.4 is 10.9 Å². The Hall–Kier alpha value is -2.19. The molecule has 1 atom stereocenters. The smallest absolute Gasteiger partial charge is 0.248 e. The van der Waals surface area contributed by atoms with Crippen LogP contribution in [-0.4, -0.2) is 42.7 Å². The first kappa shape index (κ1) is 21.1. The third-order valence-electron chi connectivity index (χ3n) is 6.45. The summed E-state index contributed by atoms with van der Waals surface area (Å²) in [5.74, 6) is 0.378. The molecule has 2 aliphatic rings. The fourth-order valence-corrected chi connectivity index (χ4v) is 6.10. The molecule has 2 N–H and O–H groups in total. The second-order valence-corrected chi connectivity index (χ2v) is 10.7. The number of aromatic amines is 1. The third kappa shape index (κ3) is 4.44. The van der Waals surface area contributed by atoms with E-state index < -0.39 is 10.0 Å². The van der Waals surface area contributed by atoms with Gasteiger partial charge in [-0.3, -0.25) is 9.59 Å². The highest BCUT2D eigenvalue weighted by Crippen LogP contribution is 2.27. The maximum absolute atomic E-state index is 13.2. The summed E-state index contributed by atoms with van der Waals surface area (Å²) in [6.07, 6.45) is 5.63. The van der Waals surface area contributed by atoms with Crippen molar-refractivity contribution < 1.29 is 13.2 Å². The topological polar surface area (TPSA) is 99.3 Å². The SMILES string of the molecule is CC1CCC(NC(=O)C2CCCN(S(=O)(=O)c3ccc4[nH]c(=O)ccc4c3)C2)CC1. The summed E-state index contributed by atoms with van der Waals surface area (Å²) in [5, 5.41) is 3.82. The number of sulfonamides is 1. The predicted octanol–water partition coefficient (Wildman–Crippen LogP) is 2.62. The van der Waals surface area contributed by atoms with Gasteiger partial charge >= 0.3 is 0 Å². The van der Waals surface area contributed by atoms with Crippen molar-refractivity contribution in [1.82, 2.24) is 14.6 Å². The van der Waals surface area contributed by atoms with E-state index in [2.05, 4.69) is 17.2 Å². The van der Waals surface area contributed by atoms with Crippen LogP contribution in [0.1, 0.15) is 45.4 Å². The molecule has 1 unspecified atom stereocenters. The summed E-state index contributed by atoms with van der Waals surface area (Å²) in [6.45, 7) is 2.87. The molecule has 0 radical (unpaired) electrons. The molecule has 8 heteroatoms. The standard InChI is InChI=1S/C22H29N3O4S/c1-15-4-7-18(8-5-15)23-22(27)17-3-2-12-25(14-17)30(28,29)19-9-10-20-16(13-19)6-11-21(26)24-20/h6,9-11,13,15,17-18H,2-5,7-8,12,14H2,1H3,(H,23,27)(H,24,26). The minimum atomic E-state index is -3.71. The maximum atomic E-state index is 13.2. The van der Waals surface area contributed by atoms with Crippen molar-refractivity contribution in [2.45, 2.75) is 56.4 Å². The monoisotopic (exact) mass is 431 g/mol. The molecule has 1 aliphatic heterocycles. The van der Waals surface area contributed by atoms with E-state index in [1.54, 1.807) is 18.2 Å². The van der Waals surface area contributed by atoms with Gasteiger partial charge in [-0.2, -0.15) is 4.31 Å². The lowest BCUT2D eigenvalue weighted by Crippen LogP contribution is -2.48. The van der Waals surface area contributed by atoms with E-state index in [4.69, 9.17) is 0 Å². The average Bonchev–Trinajstić information content (AvgIpc) is 2.75. The number of nitrogens with zero attached hydrogens (tertiary/aromatic N) is 1. The van der Waals surface area contributed by atoms with Gasteiger partial charge < -0.3 is 10.3 Å². The molecule has 1 saturated carbocycles. The van der Waals surface area contributed by atoms with Gasteiger partial charge in [0.25, 0.3) is 0 Å². The molecule has 30 heavy (non-hydrogen) atoms. The van der Waals surface area contributed by atoms with E-state index in [0.29, 0.717) is 36.2 Å². The summed E-state index contributed by atoms with van der Waals surface area (Å²) >= 11 is 0. The Labute approximate surface area is 176 Å². The lowest BCUT2D eigenvalue weighted by atomic mass is 9.87. The second-order valence-electron chi connectivity index (χ2n) is 8.74. The number of piperidine rings is 1. The van der Waals surface area contributed by atoms with Crippen LogP contribution >= 0.6 is 0 Å². The van der Waals surface area contributed by atoms with Crippen LogP contribution in [0.25, 0.3) is 10.9 Å². The molecule has 1 aromatic heterocycles. The van der Waals surface area contributed by atoms with E-state index in [9.17, 15) is 18.0 Å². The van der Waals surface area contributed by atoms with Crippen molar-refractivity contribution in [2.24, 2.45) is 11.8 Å². The molecule has 1 aromatic carbocycles. The molecule has 0 spiro atoms. The number of carbonyl (C=O) groups excluding carboxylic acids is 1. The Morgan fingerprint density at radius 1 is 1.10 bits per heavy atom.